The lowest BCUT2D eigenvalue weighted by Gasteiger charge is -2.50. The lowest BCUT2D eigenvalue weighted by atomic mass is 9.59. The van der Waals surface area contributed by atoms with Crippen LogP contribution < -0.4 is 8.92 Å². The Hall–Kier alpha value is -3.52. The summed E-state index contributed by atoms with van der Waals surface area (Å²) in [5.41, 5.74) is -0.0464. The van der Waals surface area contributed by atoms with Crippen molar-refractivity contribution in [2.75, 3.05) is 6.26 Å². The van der Waals surface area contributed by atoms with Crippen LogP contribution in [0.15, 0.2) is 24.3 Å². The number of hydrogen-bond donors (Lipinski definition) is 1. The number of nitrogens with one attached hydrogen (secondary N) is 1. The van der Waals surface area contributed by atoms with Gasteiger partial charge in [-0.05, 0) is 54.6 Å². The van der Waals surface area contributed by atoms with Gasteiger partial charge in [0.15, 0.2) is 11.5 Å². The maximum absolute atomic E-state index is 14.3. The number of para-hydroxylation sites is 1. The maximum Gasteiger partial charge on any atom is 0.343 e. The second-order valence-corrected chi connectivity index (χ2v) is 16.9. The molecular weight excluding hydrogens is 616 g/mol. The molecule has 1 N–H and O–H groups in total. The highest BCUT2D eigenvalue weighted by Gasteiger charge is 2.48. The van der Waals surface area contributed by atoms with Crippen LogP contribution in [0.25, 0.3) is 17.0 Å². The fourth-order valence-corrected chi connectivity index (χ4v) is 7.34. The number of nitrogens with zero attached hydrogens (tertiary/aromatic N) is 3. The lowest BCUT2D eigenvalue weighted by molar-refractivity contribution is -0.0922. The van der Waals surface area contributed by atoms with Crippen molar-refractivity contribution < 1.29 is 26.9 Å². The van der Waals surface area contributed by atoms with Crippen LogP contribution in [0.2, 0.25) is 0 Å². The van der Waals surface area contributed by atoms with Gasteiger partial charge in [-0.15, -0.1) is 0 Å². The minimum Gasteiger partial charge on any atom is -0.490 e. The van der Waals surface area contributed by atoms with Crippen LogP contribution in [0.4, 0.5) is 0 Å². The molecule has 0 aliphatic heterocycles. The normalized spacial score (nSPS) is 21.3. The van der Waals surface area contributed by atoms with E-state index in [1.807, 2.05) is 30.3 Å². The zero-order valence-electron chi connectivity index (χ0n) is 29.6. The van der Waals surface area contributed by atoms with Gasteiger partial charge in [0.25, 0.3) is 5.88 Å². The molecular formula is C36H52N4O6S. The summed E-state index contributed by atoms with van der Waals surface area (Å²) in [6.07, 6.45) is 6.07. The van der Waals surface area contributed by atoms with Crippen molar-refractivity contribution in [3.8, 4) is 29.1 Å². The molecule has 0 radical (unpaired) electrons. The number of hydrogen-bond acceptors (Lipinski definition) is 8. The van der Waals surface area contributed by atoms with Crippen LogP contribution in [0.1, 0.15) is 117 Å². The number of aromatic nitrogens is 3. The first-order chi connectivity index (χ1) is 21.9. The van der Waals surface area contributed by atoms with E-state index in [9.17, 15) is 18.5 Å². The number of ether oxygens (including phenoxy) is 2. The molecule has 1 aliphatic carbocycles. The molecule has 1 aromatic carbocycles. The number of carbonyl (C=O) groups excluding carboxylic acids is 1. The fraction of sp³-hybridized carbons (Fsp3) is 0.639. The molecule has 1 aliphatic rings. The summed E-state index contributed by atoms with van der Waals surface area (Å²) in [5, 5.41) is 13.4. The summed E-state index contributed by atoms with van der Waals surface area (Å²) in [6, 6.07) is 9.41. The van der Waals surface area contributed by atoms with Crippen LogP contribution in [0, 0.1) is 39.9 Å². The van der Waals surface area contributed by atoms with E-state index in [1.165, 1.54) is 4.52 Å². The number of aromatic amines is 1. The van der Waals surface area contributed by atoms with E-state index in [-0.39, 0.29) is 51.4 Å². The average molecular weight is 669 g/mol. The highest BCUT2D eigenvalue weighted by molar-refractivity contribution is 7.86. The van der Waals surface area contributed by atoms with Gasteiger partial charge in [-0.1, -0.05) is 87.3 Å². The van der Waals surface area contributed by atoms with Crippen molar-refractivity contribution in [1.29, 1.82) is 5.26 Å². The minimum absolute atomic E-state index is 0.00150. The number of nitriles is 1. The molecule has 2 aromatic heterocycles. The Balaban J connectivity index is 1.87. The molecule has 2 heterocycles. The molecule has 0 bridgehead atoms. The number of carbonyl (C=O) groups is 1. The Morgan fingerprint density at radius 3 is 2.26 bits per heavy atom. The molecule has 11 heteroatoms. The van der Waals surface area contributed by atoms with Gasteiger partial charge in [0.1, 0.15) is 29.0 Å². The van der Waals surface area contributed by atoms with Crippen molar-refractivity contribution in [1.82, 2.24) is 14.6 Å². The highest BCUT2D eigenvalue weighted by Crippen LogP contribution is 2.50. The minimum atomic E-state index is -4.09. The molecule has 47 heavy (non-hydrogen) atoms. The van der Waals surface area contributed by atoms with Gasteiger partial charge in [0.05, 0.1) is 17.9 Å². The smallest absolute Gasteiger partial charge is 0.343 e. The molecule has 1 fully saturated rings. The third kappa shape index (κ3) is 8.14. The SMILES string of the molecule is CCCCC(CC)Oc1ccccc1-c1nc2c(C(=O)OC3C(C(C)(C)C)CC(C)CC3C(C)(C)C)c(C#N)c(OS(C)(=O)=O)n2[nH]1. The first kappa shape index (κ1) is 36.3. The summed E-state index contributed by atoms with van der Waals surface area (Å²) in [5.74, 6) is 0.415. The Morgan fingerprint density at radius 2 is 1.72 bits per heavy atom. The molecule has 3 unspecified atom stereocenters. The quantitative estimate of drug-likeness (QED) is 0.160. The average Bonchev–Trinajstić information content (AvgIpc) is 3.51. The Morgan fingerprint density at radius 1 is 1.11 bits per heavy atom. The van der Waals surface area contributed by atoms with Crippen LogP contribution >= 0.6 is 0 Å². The van der Waals surface area contributed by atoms with Gasteiger partial charge in [-0.25, -0.2) is 14.3 Å². The molecule has 0 saturated heterocycles. The van der Waals surface area contributed by atoms with Gasteiger partial charge < -0.3 is 13.7 Å². The number of rotatable bonds is 11. The largest absolute Gasteiger partial charge is 0.490 e. The summed E-state index contributed by atoms with van der Waals surface area (Å²) in [7, 11) is -4.09. The van der Waals surface area contributed by atoms with Crippen molar-refractivity contribution in [3.63, 3.8) is 0 Å². The summed E-state index contributed by atoms with van der Waals surface area (Å²) < 4.78 is 44.2. The Labute approximate surface area is 280 Å². The third-order valence-electron chi connectivity index (χ3n) is 9.43. The van der Waals surface area contributed by atoms with Crippen molar-refractivity contribution in [2.45, 2.75) is 113 Å². The second-order valence-electron chi connectivity index (χ2n) is 15.4. The standard InChI is InChI=1S/C36H52N4O6S/c1-11-13-16-23(12-2)44-28-18-15-14-17-24(28)31-38-32-29(25(21-37)33(40(32)39-31)46-47(10,42)43)34(41)45-30-26(35(4,5)6)19-22(3)20-27(30)36(7,8)9/h14-15,17-18,22-23,26-27,30H,11-13,16,19-20H2,1-10H3,(H,38,39). The summed E-state index contributed by atoms with van der Waals surface area (Å²) >= 11 is 0. The van der Waals surface area contributed by atoms with Crippen molar-refractivity contribution in [2.24, 2.45) is 28.6 Å². The molecule has 1 saturated carbocycles. The lowest BCUT2D eigenvalue weighted by Crippen LogP contribution is -2.49. The van der Waals surface area contributed by atoms with Crippen molar-refractivity contribution >= 4 is 21.7 Å². The highest BCUT2D eigenvalue weighted by atomic mass is 32.2. The fourth-order valence-electron chi connectivity index (χ4n) is 6.90. The predicted octanol–water partition coefficient (Wildman–Crippen LogP) is 8.17. The molecule has 3 atom stereocenters. The van der Waals surface area contributed by atoms with Gasteiger partial charge in [0, 0.05) is 11.8 Å². The van der Waals surface area contributed by atoms with E-state index in [2.05, 4.69) is 67.4 Å². The number of fused-ring (bicyclic) bond motifs is 1. The summed E-state index contributed by atoms with van der Waals surface area (Å²) in [6.45, 7) is 19.4. The first-order valence-electron chi connectivity index (χ1n) is 16.8. The molecule has 10 nitrogen and oxygen atoms in total. The van der Waals surface area contributed by atoms with E-state index in [1.54, 1.807) is 0 Å². The molecule has 4 rings (SSSR count). The molecule has 258 valence electrons. The van der Waals surface area contributed by atoms with Crippen LogP contribution in [0.3, 0.4) is 0 Å². The van der Waals surface area contributed by atoms with Crippen molar-refractivity contribution in [3.05, 3.63) is 35.4 Å². The van der Waals surface area contributed by atoms with Gasteiger partial charge in [0.2, 0.25) is 0 Å². The first-order valence-corrected chi connectivity index (χ1v) is 18.6. The van der Waals surface area contributed by atoms with Gasteiger partial charge >= 0.3 is 16.1 Å². The second kappa shape index (κ2) is 13.9. The zero-order chi connectivity index (χ0) is 34.9. The monoisotopic (exact) mass is 668 g/mol. The van der Waals surface area contributed by atoms with Gasteiger partial charge in [-0.3, -0.25) is 5.10 Å². The molecule has 0 amide bonds. The molecule has 0 spiro atoms. The predicted molar refractivity (Wildman–Crippen MR) is 183 cm³/mol. The number of benzene rings is 1. The van der Waals surface area contributed by atoms with Gasteiger partial charge in [-0.2, -0.15) is 13.7 Å². The van der Waals surface area contributed by atoms with E-state index in [4.69, 9.17) is 18.6 Å². The topological polar surface area (TPSA) is 136 Å². The van der Waals surface area contributed by atoms with E-state index in [0.29, 0.717) is 23.1 Å². The Kier molecular flexibility index (Phi) is 10.8. The maximum atomic E-state index is 14.3. The summed E-state index contributed by atoms with van der Waals surface area (Å²) in [4.78, 5) is 19.1. The Bertz CT molecular complexity index is 1700. The third-order valence-corrected chi connectivity index (χ3v) is 9.89. The number of H-pyrrole nitrogens is 1. The number of esters is 1. The number of unbranched alkanes of at least 4 members (excludes halogenated alkanes) is 1. The van der Waals surface area contributed by atoms with Crippen LogP contribution in [-0.2, 0) is 14.9 Å². The zero-order valence-corrected chi connectivity index (χ0v) is 30.5. The molecule has 3 aromatic rings. The van der Waals surface area contributed by atoms with Crippen LogP contribution in [-0.4, -0.2) is 47.4 Å². The van der Waals surface area contributed by atoms with E-state index < -0.39 is 22.2 Å². The van der Waals surface area contributed by atoms with Crippen LogP contribution in [0.5, 0.6) is 11.6 Å². The van der Waals surface area contributed by atoms with E-state index in [0.717, 1.165) is 44.8 Å². The van der Waals surface area contributed by atoms with E-state index >= 15 is 0 Å².